The maximum atomic E-state index is 12.8. The van der Waals surface area contributed by atoms with Gasteiger partial charge in [0, 0.05) is 30.3 Å². The molecule has 0 radical (unpaired) electrons. The lowest BCUT2D eigenvalue weighted by Gasteiger charge is -2.23. The van der Waals surface area contributed by atoms with Gasteiger partial charge in [0.1, 0.15) is 6.04 Å². The zero-order valence-corrected chi connectivity index (χ0v) is 14.3. The monoisotopic (exact) mass is 342 g/mol. The second kappa shape index (κ2) is 7.06. The molecule has 1 aromatic carbocycles. The first-order chi connectivity index (χ1) is 12.0. The molecule has 0 aliphatic carbocycles. The lowest BCUT2D eigenvalue weighted by atomic mass is 10.1. The maximum Gasteiger partial charge on any atom is 0.276 e. The molecule has 2 amide bonds. The van der Waals surface area contributed by atoms with Crippen molar-refractivity contribution < 1.29 is 14.1 Å². The summed E-state index contributed by atoms with van der Waals surface area (Å²) >= 11 is 0. The third-order valence-corrected chi connectivity index (χ3v) is 4.12. The van der Waals surface area contributed by atoms with Gasteiger partial charge in [0.15, 0.2) is 11.5 Å². The predicted octanol–water partition coefficient (Wildman–Crippen LogP) is 1.41. The van der Waals surface area contributed by atoms with Crippen LogP contribution in [0.5, 0.6) is 0 Å². The number of hydrogen-bond acceptors (Lipinski definition) is 5. The van der Waals surface area contributed by atoms with Crippen LogP contribution in [0.4, 0.5) is 0 Å². The Bertz CT molecular complexity index is 757. The Balaban J connectivity index is 1.79. The molecule has 7 heteroatoms. The molecule has 7 nitrogen and oxygen atoms in total. The summed E-state index contributed by atoms with van der Waals surface area (Å²) in [5.41, 5.74) is 6.99. The molecule has 3 N–H and O–H groups in total. The Kier molecular flexibility index (Phi) is 4.85. The molecule has 1 fully saturated rings. The van der Waals surface area contributed by atoms with E-state index in [4.69, 9.17) is 10.3 Å². The third-order valence-electron chi connectivity index (χ3n) is 4.12. The summed E-state index contributed by atoms with van der Waals surface area (Å²) in [6.07, 6.45) is 0.438. The van der Waals surface area contributed by atoms with Gasteiger partial charge in [0.2, 0.25) is 5.91 Å². The molecular weight excluding hydrogens is 320 g/mol. The van der Waals surface area contributed by atoms with Crippen molar-refractivity contribution in [3.63, 3.8) is 0 Å². The smallest absolute Gasteiger partial charge is 0.276 e. The van der Waals surface area contributed by atoms with Gasteiger partial charge in [0.05, 0.1) is 0 Å². The zero-order chi connectivity index (χ0) is 18.0. The summed E-state index contributed by atoms with van der Waals surface area (Å²) in [5.74, 6) is -0.0264. The molecule has 2 aromatic rings. The Morgan fingerprint density at radius 1 is 1.32 bits per heavy atom. The molecule has 1 aliphatic heterocycles. The van der Waals surface area contributed by atoms with Gasteiger partial charge in [-0.2, -0.15) is 0 Å². The van der Waals surface area contributed by atoms with E-state index in [0.717, 1.165) is 5.56 Å². The standard InChI is InChI=1S/C18H22N4O3/c1-11(2)20-17(23)15-8-13(19)10-22(15)18(24)14-9-16(25-21-14)12-6-4-3-5-7-12/h3-7,9,11,13,15H,8,10,19H2,1-2H3,(H,20,23)/t13-,15+/m1/s1. The lowest BCUT2D eigenvalue weighted by molar-refractivity contribution is -0.125. The van der Waals surface area contributed by atoms with Gasteiger partial charge in [-0.15, -0.1) is 0 Å². The number of likely N-dealkylation sites (tertiary alicyclic amines) is 1. The third kappa shape index (κ3) is 3.71. The van der Waals surface area contributed by atoms with Crippen LogP contribution in [0.25, 0.3) is 11.3 Å². The van der Waals surface area contributed by atoms with Gasteiger partial charge in [-0.1, -0.05) is 35.5 Å². The fraction of sp³-hybridized carbons (Fsp3) is 0.389. The number of nitrogens with zero attached hydrogens (tertiary/aromatic N) is 2. The zero-order valence-electron chi connectivity index (χ0n) is 14.3. The van der Waals surface area contributed by atoms with E-state index in [2.05, 4.69) is 10.5 Å². The van der Waals surface area contributed by atoms with Gasteiger partial charge < -0.3 is 20.5 Å². The molecule has 2 atom stereocenters. The molecule has 1 saturated heterocycles. The van der Waals surface area contributed by atoms with Crippen molar-refractivity contribution in [2.24, 2.45) is 5.73 Å². The molecule has 2 heterocycles. The fourth-order valence-electron chi connectivity index (χ4n) is 2.98. The van der Waals surface area contributed by atoms with Crippen LogP contribution in [0.3, 0.4) is 0 Å². The Hall–Kier alpha value is -2.67. The van der Waals surface area contributed by atoms with Crippen LogP contribution >= 0.6 is 0 Å². The molecule has 3 rings (SSSR count). The van der Waals surface area contributed by atoms with Crippen LogP contribution < -0.4 is 11.1 Å². The fourth-order valence-corrected chi connectivity index (χ4v) is 2.98. The first kappa shape index (κ1) is 17.2. The van der Waals surface area contributed by atoms with E-state index in [0.29, 0.717) is 18.7 Å². The van der Waals surface area contributed by atoms with E-state index in [1.54, 1.807) is 6.07 Å². The van der Waals surface area contributed by atoms with Crippen LogP contribution in [0.2, 0.25) is 0 Å². The molecule has 25 heavy (non-hydrogen) atoms. The van der Waals surface area contributed by atoms with Crippen LogP contribution in [-0.4, -0.2) is 46.5 Å². The molecular formula is C18H22N4O3. The number of carbonyl (C=O) groups excluding carboxylic acids is 2. The number of rotatable bonds is 4. The number of hydrogen-bond donors (Lipinski definition) is 2. The van der Waals surface area contributed by atoms with Gasteiger partial charge in [-0.25, -0.2) is 0 Å². The number of nitrogens with one attached hydrogen (secondary N) is 1. The van der Waals surface area contributed by atoms with Crippen molar-refractivity contribution in [3.05, 3.63) is 42.1 Å². The maximum absolute atomic E-state index is 12.8. The topological polar surface area (TPSA) is 101 Å². The highest BCUT2D eigenvalue weighted by Crippen LogP contribution is 2.23. The van der Waals surface area contributed by atoms with Crippen molar-refractivity contribution >= 4 is 11.8 Å². The van der Waals surface area contributed by atoms with Gasteiger partial charge in [0.25, 0.3) is 5.91 Å². The molecule has 132 valence electrons. The quantitative estimate of drug-likeness (QED) is 0.875. The average Bonchev–Trinajstić information content (AvgIpc) is 3.21. The van der Waals surface area contributed by atoms with E-state index in [9.17, 15) is 9.59 Å². The number of aromatic nitrogens is 1. The minimum absolute atomic E-state index is 0.00184. The summed E-state index contributed by atoms with van der Waals surface area (Å²) < 4.78 is 5.29. The minimum Gasteiger partial charge on any atom is -0.355 e. The molecule has 0 unspecified atom stereocenters. The van der Waals surface area contributed by atoms with Crippen molar-refractivity contribution in [1.82, 2.24) is 15.4 Å². The first-order valence-corrected chi connectivity index (χ1v) is 8.34. The van der Waals surface area contributed by atoms with Gasteiger partial charge in [-0.3, -0.25) is 9.59 Å². The van der Waals surface area contributed by atoms with E-state index < -0.39 is 6.04 Å². The Morgan fingerprint density at radius 3 is 2.72 bits per heavy atom. The average molecular weight is 342 g/mol. The molecule has 0 spiro atoms. The number of nitrogens with two attached hydrogens (primary N) is 1. The van der Waals surface area contributed by atoms with Crippen molar-refractivity contribution in [2.45, 2.75) is 38.4 Å². The summed E-state index contributed by atoms with van der Waals surface area (Å²) in [7, 11) is 0. The summed E-state index contributed by atoms with van der Waals surface area (Å²) in [6, 6.07) is 10.2. The van der Waals surface area contributed by atoms with Crippen LogP contribution in [0, 0.1) is 0 Å². The summed E-state index contributed by atoms with van der Waals surface area (Å²) in [5, 5.41) is 6.72. The highest BCUT2D eigenvalue weighted by Gasteiger charge is 2.39. The second-order valence-corrected chi connectivity index (χ2v) is 6.57. The lowest BCUT2D eigenvalue weighted by Crippen LogP contribution is -2.47. The van der Waals surface area contributed by atoms with Crippen molar-refractivity contribution in [2.75, 3.05) is 6.54 Å². The van der Waals surface area contributed by atoms with Crippen LogP contribution in [0.15, 0.2) is 40.9 Å². The number of benzene rings is 1. The summed E-state index contributed by atoms with van der Waals surface area (Å²) in [4.78, 5) is 26.7. The largest absolute Gasteiger partial charge is 0.355 e. The number of amides is 2. The van der Waals surface area contributed by atoms with Crippen LogP contribution in [0.1, 0.15) is 30.8 Å². The second-order valence-electron chi connectivity index (χ2n) is 6.57. The van der Waals surface area contributed by atoms with E-state index in [1.165, 1.54) is 4.90 Å². The molecule has 1 aliphatic rings. The predicted molar refractivity (Wildman–Crippen MR) is 92.6 cm³/mol. The first-order valence-electron chi connectivity index (χ1n) is 8.34. The van der Waals surface area contributed by atoms with Gasteiger partial charge >= 0.3 is 0 Å². The highest BCUT2D eigenvalue weighted by atomic mass is 16.5. The molecule has 0 saturated carbocycles. The van der Waals surface area contributed by atoms with Crippen LogP contribution in [-0.2, 0) is 4.79 Å². The van der Waals surface area contributed by atoms with Gasteiger partial charge in [-0.05, 0) is 20.3 Å². The highest BCUT2D eigenvalue weighted by molar-refractivity contribution is 5.97. The normalized spacial score (nSPS) is 20.1. The Labute approximate surface area is 146 Å². The van der Waals surface area contributed by atoms with E-state index in [1.807, 2.05) is 44.2 Å². The van der Waals surface area contributed by atoms with E-state index in [-0.39, 0.29) is 29.6 Å². The Morgan fingerprint density at radius 2 is 2.04 bits per heavy atom. The van der Waals surface area contributed by atoms with E-state index >= 15 is 0 Å². The molecule has 1 aromatic heterocycles. The molecule has 0 bridgehead atoms. The summed E-state index contributed by atoms with van der Waals surface area (Å²) in [6.45, 7) is 4.08. The van der Waals surface area contributed by atoms with Crippen molar-refractivity contribution in [1.29, 1.82) is 0 Å². The number of carbonyl (C=O) groups is 2. The SMILES string of the molecule is CC(C)NC(=O)[C@@H]1C[C@@H](N)CN1C(=O)c1cc(-c2ccccc2)on1. The van der Waals surface area contributed by atoms with Crippen molar-refractivity contribution in [3.8, 4) is 11.3 Å². The minimum atomic E-state index is -0.582.